The number of carbonyl (C=O) groups is 1. The van der Waals surface area contributed by atoms with Crippen LogP contribution in [0.1, 0.15) is 31.2 Å². The first kappa shape index (κ1) is 18.3. The highest BCUT2D eigenvalue weighted by molar-refractivity contribution is 5.97. The molecule has 0 saturated carbocycles. The Kier molecular flexibility index (Phi) is 6.82. The zero-order valence-corrected chi connectivity index (χ0v) is 14.1. The molecule has 0 aliphatic carbocycles. The van der Waals surface area contributed by atoms with Gasteiger partial charge >= 0.3 is 0 Å². The molecule has 0 spiro atoms. The van der Waals surface area contributed by atoms with Gasteiger partial charge in [0.2, 0.25) is 5.91 Å². The third kappa shape index (κ3) is 5.83. The third-order valence-electron chi connectivity index (χ3n) is 3.15. The summed E-state index contributed by atoms with van der Waals surface area (Å²) in [5.74, 6) is -0.151. The summed E-state index contributed by atoms with van der Waals surface area (Å²) < 4.78 is 12.9. The summed E-state index contributed by atoms with van der Waals surface area (Å²) in [5, 5.41) is 10.8. The van der Waals surface area contributed by atoms with Crippen molar-refractivity contribution < 1.29 is 9.18 Å². The fourth-order valence-corrected chi connectivity index (χ4v) is 1.94. The molecule has 0 saturated heterocycles. The number of rotatable bonds is 6. The van der Waals surface area contributed by atoms with Crippen LogP contribution in [0.5, 0.6) is 0 Å². The van der Waals surface area contributed by atoms with E-state index in [-0.39, 0.29) is 12.5 Å². The predicted octanol–water partition coefficient (Wildman–Crippen LogP) is 3.38. The van der Waals surface area contributed by atoms with E-state index < -0.39 is 5.82 Å². The van der Waals surface area contributed by atoms with Gasteiger partial charge in [-0.3, -0.25) is 14.8 Å². The van der Waals surface area contributed by atoms with Crippen molar-refractivity contribution in [2.24, 2.45) is 15.2 Å². The molecule has 130 valence electrons. The number of amides is 1. The molecule has 8 heteroatoms. The Hall–Kier alpha value is -3.03. The van der Waals surface area contributed by atoms with E-state index in [0.717, 1.165) is 12.6 Å². The number of hydrogen-bond donors (Lipinski definition) is 1. The van der Waals surface area contributed by atoms with E-state index >= 15 is 0 Å². The van der Waals surface area contributed by atoms with E-state index in [0.29, 0.717) is 29.3 Å². The van der Waals surface area contributed by atoms with Gasteiger partial charge in [-0.15, -0.1) is 5.11 Å². The van der Waals surface area contributed by atoms with Gasteiger partial charge in [0.05, 0.1) is 23.8 Å². The van der Waals surface area contributed by atoms with Gasteiger partial charge in [0.1, 0.15) is 18.1 Å². The number of aromatic nitrogens is 2. The minimum absolute atomic E-state index is 0.0349. The van der Waals surface area contributed by atoms with Crippen molar-refractivity contribution in [2.75, 3.05) is 12.4 Å². The second-order valence-electron chi connectivity index (χ2n) is 5.14. The summed E-state index contributed by atoms with van der Waals surface area (Å²) in [6.07, 6.45) is 3.95. The van der Waals surface area contributed by atoms with Crippen LogP contribution in [0.3, 0.4) is 0 Å². The lowest BCUT2D eigenvalue weighted by Crippen LogP contribution is -2.10. The Morgan fingerprint density at radius 3 is 2.64 bits per heavy atom. The highest BCUT2D eigenvalue weighted by atomic mass is 19.1. The second-order valence-corrected chi connectivity index (χ2v) is 5.14. The summed E-state index contributed by atoms with van der Waals surface area (Å²) in [6, 6.07) is 6.31. The summed E-state index contributed by atoms with van der Waals surface area (Å²) in [7, 11) is 1.56. The van der Waals surface area contributed by atoms with Gasteiger partial charge in [0.15, 0.2) is 5.84 Å². The number of nitrogens with zero attached hydrogens (tertiary/aromatic N) is 5. The first-order valence-corrected chi connectivity index (χ1v) is 7.83. The highest BCUT2D eigenvalue weighted by Crippen LogP contribution is 2.09. The number of carbonyl (C=O) groups excluding carboxylic acids is 1. The molecule has 0 atom stereocenters. The second kappa shape index (κ2) is 9.31. The predicted molar refractivity (Wildman–Crippen MR) is 93.0 cm³/mol. The lowest BCUT2D eigenvalue weighted by atomic mass is 10.3. The van der Waals surface area contributed by atoms with Crippen LogP contribution in [0.4, 0.5) is 10.1 Å². The van der Waals surface area contributed by atoms with Crippen molar-refractivity contribution in [1.29, 1.82) is 0 Å². The SMILES string of the molecule is CCCC(=O)Nc1ccc(C/N=N\C(=N/C)c2ccc(F)cn2)nc1. The van der Waals surface area contributed by atoms with Crippen LogP contribution < -0.4 is 5.32 Å². The average Bonchev–Trinajstić information content (AvgIpc) is 2.61. The molecule has 0 aromatic carbocycles. The van der Waals surface area contributed by atoms with Crippen LogP contribution >= 0.6 is 0 Å². The lowest BCUT2D eigenvalue weighted by molar-refractivity contribution is -0.116. The Labute approximate surface area is 145 Å². The van der Waals surface area contributed by atoms with E-state index in [4.69, 9.17) is 0 Å². The van der Waals surface area contributed by atoms with Gasteiger partial charge in [-0.1, -0.05) is 6.92 Å². The highest BCUT2D eigenvalue weighted by Gasteiger charge is 2.04. The molecule has 7 nitrogen and oxygen atoms in total. The van der Waals surface area contributed by atoms with Crippen molar-refractivity contribution in [3.63, 3.8) is 0 Å². The number of nitrogens with one attached hydrogen (secondary N) is 1. The number of amidine groups is 1. The Balaban J connectivity index is 1.94. The van der Waals surface area contributed by atoms with Crippen LogP contribution in [0, 0.1) is 5.82 Å². The van der Waals surface area contributed by atoms with Gasteiger partial charge in [-0.2, -0.15) is 5.11 Å². The monoisotopic (exact) mass is 342 g/mol. The fraction of sp³-hybridized carbons (Fsp3) is 0.294. The number of pyridine rings is 2. The zero-order valence-electron chi connectivity index (χ0n) is 14.1. The molecule has 1 amide bonds. The van der Waals surface area contributed by atoms with E-state index in [9.17, 15) is 9.18 Å². The maximum atomic E-state index is 12.9. The maximum Gasteiger partial charge on any atom is 0.224 e. The van der Waals surface area contributed by atoms with E-state index in [1.165, 1.54) is 12.1 Å². The molecule has 0 aliphatic heterocycles. The van der Waals surface area contributed by atoms with Gasteiger partial charge in [-0.05, 0) is 30.7 Å². The van der Waals surface area contributed by atoms with E-state index in [1.54, 1.807) is 25.4 Å². The van der Waals surface area contributed by atoms with E-state index in [2.05, 4.69) is 30.5 Å². The average molecular weight is 342 g/mol. The molecule has 2 heterocycles. The van der Waals surface area contributed by atoms with Crippen molar-refractivity contribution in [1.82, 2.24) is 9.97 Å². The van der Waals surface area contributed by atoms with Crippen LogP contribution in [-0.4, -0.2) is 28.8 Å². The summed E-state index contributed by atoms with van der Waals surface area (Å²) >= 11 is 0. The van der Waals surface area contributed by atoms with Gasteiger partial charge < -0.3 is 5.32 Å². The topological polar surface area (TPSA) is 92.0 Å². The standard InChI is InChI=1S/C17H19FN6O/c1-3-4-16(25)23-14-7-6-13(20-10-14)11-22-24-17(19-2)15-8-5-12(18)9-21-15/h5-10H,3-4,11H2,1-2H3,(H,23,25)/b19-17-,24-22-. The number of aliphatic imine (C=N–C) groups is 1. The van der Waals surface area contributed by atoms with Crippen LogP contribution in [0.25, 0.3) is 0 Å². The maximum absolute atomic E-state index is 12.9. The summed E-state index contributed by atoms with van der Waals surface area (Å²) in [5.41, 5.74) is 1.78. The molecule has 0 fully saturated rings. The number of hydrogen-bond acceptors (Lipinski definition) is 5. The normalized spacial score (nSPS) is 11.7. The lowest BCUT2D eigenvalue weighted by Gasteiger charge is -2.04. The largest absolute Gasteiger partial charge is 0.325 e. The van der Waals surface area contributed by atoms with Gasteiger partial charge in [-0.25, -0.2) is 9.37 Å². The molecule has 0 bridgehead atoms. The van der Waals surface area contributed by atoms with Crippen molar-refractivity contribution in [3.8, 4) is 0 Å². The number of halogens is 1. The first-order valence-electron chi connectivity index (χ1n) is 7.83. The molecule has 2 aromatic rings. The van der Waals surface area contributed by atoms with Crippen LogP contribution in [0.15, 0.2) is 51.9 Å². The van der Waals surface area contributed by atoms with Crippen molar-refractivity contribution >= 4 is 17.4 Å². The minimum atomic E-state index is -0.425. The Morgan fingerprint density at radius 1 is 1.20 bits per heavy atom. The Morgan fingerprint density at radius 2 is 2.04 bits per heavy atom. The first-order chi connectivity index (χ1) is 12.1. The molecular formula is C17H19FN6O. The summed E-state index contributed by atoms with van der Waals surface area (Å²) in [6.45, 7) is 2.20. The Bertz CT molecular complexity index is 756. The van der Waals surface area contributed by atoms with E-state index in [1.807, 2.05) is 6.92 Å². The molecule has 2 aromatic heterocycles. The molecule has 0 unspecified atom stereocenters. The molecule has 0 aliphatic rings. The molecule has 1 N–H and O–H groups in total. The van der Waals surface area contributed by atoms with Crippen LogP contribution in [0.2, 0.25) is 0 Å². The molecular weight excluding hydrogens is 323 g/mol. The minimum Gasteiger partial charge on any atom is -0.325 e. The van der Waals surface area contributed by atoms with Gasteiger partial charge in [0, 0.05) is 13.5 Å². The number of azo groups is 1. The van der Waals surface area contributed by atoms with Gasteiger partial charge in [0.25, 0.3) is 0 Å². The molecule has 25 heavy (non-hydrogen) atoms. The molecule has 0 radical (unpaired) electrons. The number of anilines is 1. The fourth-order valence-electron chi connectivity index (χ4n) is 1.94. The zero-order chi connectivity index (χ0) is 18.1. The smallest absolute Gasteiger partial charge is 0.224 e. The quantitative estimate of drug-likeness (QED) is 0.495. The third-order valence-corrected chi connectivity index (χ3v) is 3.15. The van der Waals surface area contributed by atoms with Crippen molar-refractivity contribution in [2.45, 2.75) is 26.3 Å². The van der Waals surface area contributed by atoms with Crippen molar-refractivity contribution in [3.05, 3.63) is 53.9 Å². The molecule has 2 rings (SSSR count). The van der Waals surface area contributed by atoms with Crippen LogP contribution in [-0.2, 0) is 11.3 Å². The summed E-state index contributed by atoms with van der Waals surface area (Å²) in [4.78, 5) is 23.6.